The van der Waals surface area contributed by atoms with Gasteiger partial charge in [-0.05, 0) is 19.1 Å². The third kappa shape index (κ3) is 1.76. The Hall–Kier alpha value is -1.55. The molecule has 0 bridgehead atoms. The van der Waals surface area contributed by atoms with Crippen molar-refractivity contribution in [3.8, 4) is 0 Å². The van der Waals surface area contributed by atoms with E-state index in [0.29, 0.717) is 5.57 Å². The first-order valence-electron chi connectivity index (χ1n) is 4.83. The molecule has 84 valence electrons. The highest BCUT2D eigenvalue weighted by Gasteiger charge is 2.26. The quantitative estimate of drug-likeness (QED) is 0.790. The highest BCUT2D eigenvalue weighted by Crippen LogP contribution is 2.28. The number of sulfone groups is 1. The van der Waals surface area contributed by atoms with E-state index in [-0.39, 0.29) is 16.4 Å². The molecule has 0 N–H and O–H groups in total. The van der Waals surface area contributed by atoms with Gasteiger partial charge in [-0.25, -0.2) is 8.42 Å². The molecule has 3 nitrogen and oxygen atoms in total. The van der Waals surface area contributed by atoms with Crippen LogP contribution in [0.1, 0.15) is 5.56 Å². The Balaban J connectivity index is 2.47. The van der Waals surface area contributed by atoms with Gasteiger partial charge in [0.25, 0.3) is 0 Å². The maximum absolute atomic E-state index is 12.1. The van der Waals surface area contributed by atoms with Crippen LogP contribution in [0.25, 0.3) is 0 Å². The van der Waals surface area contributed by atoms with Gasteiger partial charge in [-0.2, -0.15) is 0 Å². The smallest absolute Gasteiger partial charge is 0.210 e. The van der Waals surface area contributed by atoms with Crippen LogP contribution in [0, 0.1) is 6.92 Å². The topological polar surface area (TPSA) is 43.4 Å². The van der Waals surface area contributed by atoms with Gasteiger partial charge in [0.2, 0.25) is 9.84 Å². The van der Waals surface area contributed by atoms with Crippen molar-refractivity contribution in [2.45, 2.75) is 11.8 Å². The van der Waals surface area contributed by atoms with Crippen molar-refractivity contribution >= 4 is 9.84 Å². The Labute approximate surface area is 95.0 Å². The van der Waals surface area contributed by atoms with Gasteiger partial charge in [0.05, 0.1) is 4.90 Å². The summed E-state index contributed by atoms with van der Waals surface area (Å²) in [6.07, 6.45) is 1.26. The third-order valence-corrected chi connectivity index (χ3v) is 4.27. The first kappa shape index (κ1) is 11.0. The number of rotatable bonds is 2. The number of benzene rings is 1. The van der Waals surface area contributed by atoms with E-state index in [0.717, 1.165) is 5.56 Å². The van der Waals surface area contributed by atoms with Crippen molar-refractivity contribution in [3.05, 3.63) is 53.1 Å². The molecular formula is C12H12O3S. The minimum absolute atomic E-state index is 0.177. The molecule has 0 radical (unpaired) electrons. The molecule has 0 saturated carbocycles. The van der Waals surface area contributed by atoms with Crippen molar-refractivity contribution in [1.82, 2.24) is 0 Å². The van der Waals surface area contributed by atoms with Crippen molar-refractivity contribution in [2.24, 2.45) is 0 Å². The van der Waals surface area contributed by atoms with Crippen LogP contribution < -0.4 is 0 Å². The molecule has 0 unspecified atom stereocenters. The number of ether oxygens (including phenoxy) is 1. The van der Waals surface area contributed by atoms with Crippen LogP contribution in [-0.2, 0) is 14.6 Å². The monoisotopic (exact) mass is 236 g/mol. The average Bonchev–Trinajstić information content (AvgIpc) is 2.66. The highest BCUT2D eigenvalue weighted by molar-refractivity contribution is 7.95. The molecular weight excluding hydrogens is 224 g/mol. The molecule has 0 saturated heterocycles. The minimum atomic E-state index is -3.47. The fraction of sp³-hybridized carbons (Fsp3) is 0.167. The van der Waals surface area contributed by atoms with Crippen LogP contribution in [0.4, 0.5) is 0 Å². The first-order chi connectivity index (χ1) is 7.51. The lowest BCUT2D eigenvalue weighted by molar-refractivity contribution is 0.302. The molecule has 0 atom stereocenters. The molecule has 1 aliphatic rings. The van der Waals surface area contributed by atoms with E-state index < -0.39 is 9.84 Å². The van der Waals surface area contributed by atoms with Crippen molar-refractivity contribution in [1.29, 1.82) is 0 Å². The predicted molar refractivity (Wildman–Crippen MR) is 61.5 cm³/mol. The molecule has 2 rings (SSSR count). The SMILES string of the molecule is C=C1COC=C1S(=O)(=O)c1ccc(C)cc1. The summed E-state index contributed by atoms with van der Waals surface area (Å²) in [6.45, 7) is 5.83. The molecule has 0 amide bonds. The maximum atomic E-state index is 12.1. The lowest BCUT2D eigenvalue weighted by Crippen LogP contribution is -2.05. The van der Waals surface area contributed by atoms with Gasteiger partial charge in [0.1, 0.15) is 17.8 Å². The Bertz CT molecular complexity index is 550. The molecule has 1 aliphatic heterocycles. The van der Waals surface area contributed by atoms with Crippen molar-refractivity contribution < 1.29 is 13.2 Å². The van der Waals surface area contributed by atoms with Gasteiger partial charge in [0, 0.05) is 5.57 Å². The minimum Gasteiger partial charge on any atom is -0.495 e. The summed E-state index contributed by atoms with van der Waals surface area (Å²) in [5, 5.41) is 0. The number of hydrogen-bond donors (Lipinski definition) is 0. The van der Waals surface area contributed by atoms with E-state index in [9.17, 15) is 8.42 Å². The van der Waals surface area contributed by atoms with E-state index in [1.165, 1.54) is 6.26 Å². The summed E-state index contributed by atoms with van der Waals surface area (Å²) in [4.78, 5) is 0.451. The van der Waals surface area contributed by atoms with Gasteiger partial charge in [0.15, 0.2) is 0 Å². The first-order valence-corrected chi connectivity index (χ1v) is 6.32. The maximum Gasteiger partial charge on any atom is 0.210 e. The Morgan fingerprint density at radius 2 is 1.88 bits per heavy atom. The second kappa shape index (κ2) is 3.79. The number of hydrogen-bond acceptors (Lipinski definition) is 3. The molecule has 0 aromatic heterocycles. The lowest BCUT2D eigenvalue weighted by atomic mass is 10.2. The van der Waals surface area contributed by atoms with Crippen LogP contribution in [0.3, 0.4) is 0 Å². The van der Waals surface area contributed by atoms with Crippen LogP contribution >= 0.6 is 0 Å². The molecule has 0 fully saturated rings. The van der Waals surface area contributed by atoms with Crippen LogP contribution in [-0.4, -0.2) is 15.0 Å². The van der Waals surface area contributed by atoms with Gasteiger partial charge in [-0.3, -0.25) is 0 Å². The van der Waals surface area contributed by atoms with Crippen LogP contribution in [0.2, 0.25) is 0 Å². The summed E-state index contributed by atoms with van der Waals surface area (Å²) in [7, 11) is -3.47. The van der Waals surface area contributed by atoms with E-state index >= 15 is 0 Å². The second-order valence-corrected chi connectivity index (χ2v) is 5.63. The van der Waals surface area contributed by atoms with E-state index in [2.05, 4.69) is 6.58 Å². The summed E-state index contributed by atoms with van der Waals surface area (Å²) >= 11 is 0. The zero-order valence-corrected chi connectivity index (χ0v) is 9.75. The second-order valence-electron chi connectivity index (χ2n) is 3.71. The van der Waals surface area contributed by atoms with Gasteiger partial charge in [-0.1, -0.05) is 24.3 Å². The van der Waals surface area contributed by atoms with E-state index in [1.807, 2.05) is 6.92 Å². The fourth-order valence-electron chi connectivity index (χ4n) is 1.47. The van der Waals surface area contributed by atoms with E-state index in [1.54, 1.807) is 24.3 Å². The summed E-state index contributed by atoms with van der Waals surface area (Å²) in [5.41, 5.74) is 1.52. The average molecular weight is 236 g/mol. The third-order valence-electron chi connectivity index (χ3n) is 2.42. The zero-order chi connectivity index (χ0) is 11.8. The zero-order valence-electron chi connectivity index (χ0n) is 8.93. The van der Waals surface area contributed by atoms with Crippen LogP contribution in [0.15, 0.2) is 52.5 Å². The van der Waals surface area contributed by atoms with Gasteiger partial charge >= 0.3 is 0 Å². The molecule has 1 heterocycles. The Morgan fingerprint density at radius 1 is 1.25 bits per heavy atom. The molecule has 1 aromatic rings. The van der Waals surface area contributed by atoms with Crippen molar-refractivity contribution in [3.63, 3.8) is 0 Å². The van der Waals surface area contributed by atoms with E-state index in [4.69, 9.17) is 4.74 Å². The summed E-state index contributed by atoms with van der Waals surface area (Å²) in [6, 6.07) is 6.73. The molecule has 16 heavy (non-hydrogen) atoms. The summed E-state index contributed by atoms with van der Waals surface area (Å²) in [5.74, 6) is 0. The van der Waals surface area contributed by atoms with Crippen molar-refractivity contribution in [2.75, 3.05) is 6.61 Å². The number of aryl methyl sites for hydroxylation is 1. The highest BCUT2D eigenvalue weighted by atomic mass is 32.2. The fourth-order valence-corrected chi connectivity index (χ4v) is 2.85. The van der Waals surface area contributed by atoms with Gasteiger partial charge < -0.3 is 4.74 Å². The van der Waals surface area contributed by atoms with Crippen LogP contribution in [0.5, 0.6) is 0 Å². The standard InChI is InChI=1S/C12H12O3S/c1-9-3-5-11(6-4-9)16(13,14)12-8-15-7-10(12)2/h3-6,8H,2,7H2,1H3. The molecule has 0 spiro atoms. The largest absolute Gasteiger partial charge is 0.495 e. The Kier molecular flexibility index (Phi) is 2.59. The molecule has 0 aliphatic carbocycles. The lowest BCUT2D eigenvalue weighted by Gasteiger charge is -2.05. The van der Waals surface area contributed by atoms with Gasteiger partial charge in [-0.15, -0.1) is 0 Å². The molecule has 1 aromatic carbocycles. The Morgan fingerprint density at radius 3 is 2.38 bits per heavy atom. The molecule has 4 heteroatoms. The predicted octanol–water partition coefficient (Wildman–Crippen LogP) is 2.20. The normalized spacial score (nSPS) is 15.8. The summed E-state index contributed by atoms with van der Waals surface area (Å²) < 4.78 is 29.3.